The monoisotopic (exact) mass is 406 g/mol. The first kappa shape index (κ1) is 25.7. The number of carboxylic acid groups (broad SMARTS) is 1. The molecule has 0 rings (SSSR count). The van der Waals surface area contributed by atoms with Crippen LogP contribution in [-0.4, -0.2) is 87.6 Å². The average Bonchev–Trinajstić information content (AvgIpc) is 2.61. The maximum absolute atomic E-state index is 12.2. The van der Waals surface area contributed by atoms with Crippen LogP contribution in [0.3, 0.4) is 0 Å². The van der Waals surface area contributed by atoms with Crippen molar-refractivity contribution in [3.63, 3.8) is 0 Å². The van der Waals surface area contributed by atoms with E-state index >= 15 is 0 Å². The number of nitrogens with one attached hydrogen (secondary N) is 3. The van der Waals surface area contributed by atoms with Crippen LogP contribution in [0.1, 0.15) is 27.2 Å². The predicted octanol–water partition coefficient (Wildman–Crippen LogP) is -3.74. The number of aliphatic hydroxyl groups excluding tert-OH is 3. The Morgan fingerprint density at radius 2 is 1.21 bits per heavy atom. The van der Waals surface area contributed by atoms with Crippen molar-refractivity contribution >= 4 is 23.7 Å². The van der Waals surface area contributed by atoms with Gasteiger partial charge in [-0.25, -0.2) is 4.79 Å². The Balaban J connectivity index is 5.00. The zero-order valence-corrected chi connectivity index (χ0v) is 16.1. The van der Waals surface area contributed by atoms with Crippen LogP contribution in [0.15, 0.2) is 0 Å². The molecule has 0 radical (unpaired) electrons. The molecule has 28 heavy (non-hydrogen) atoms. The Labute approximate surface area is 162 Å². The van der Waals surface area contributed by atoms with Gasteiger partial charge in [0, 0.05) is 0 Å². The summed E-state index contributed by atoms with van der Waals surface area (Å²) >= 11 is 0. The van der Waals surface area contributed by atoms with E-state index in [1.165, 1.54) is 6.92 Å². The highest BCUT2D eigenvalue weighted by Gasteiger charge is 2.30. The van der Waals surface area contributed by atoms with Crippen molar-refractivity contribution < 1.29 is 39.6 Å². The molecule has 0 saturated carbocycles. The van der Waals surface area contributed by atoms with Gasteiger partial charge < -0.3 is 42.1 Å². The summed E-state index contributed by atoms with van der Waals surface area (Å²) in [7, 11) is 0. The summed E-state index contributed by atoms with van der Waals surface area (Å²) in [6, 6.07) is -5.55. The molecule has 0 aliphatic heterocycles. The van der Waals surface area contributed by atoms with E-state index in [-0.39, 0.29) is 12.3 Å². The lowest BCUT2D eigenvalue weighted by Gasteiger charge is -2.24. The van der Waals surface area contributed by atoms with Crippen molar-refractivity contribution in [3.8, 4) is 0 Å². The Kier molecular flexibility index (Phi) is 11.2. The van der Waals surface area contributed by atoms with E-state index in [0.717, 1.165) is 0 Å². The molecular weight excluding hydrogens is 376 g/mol. The molecule has 12 heteroatoms. The number of hydrogen-bond donors (Lipinski definition) is 8. The lowest BCUT2D eigenvalue weighted by atomic mass is 10.0. The lowest BCUT2D eigenvalue weighted by Crippen LogP contribution is -2.59. The van der Waals surface area contributed by atoms with E-state index in [1.807, 2.05) is 0 Å². The van der Waals surface area contributed by atoms with Gasteiger partial charge in [-0.05, 0) is 19.3 Å². The minimum atomic E-state index is -1.50. The molecule has 162 valence electrons. The van der Waals surface area contributed by atoms with Crippen LogP contribution in [0.4, 0.5) is 0 Å². The second-order valence-corrected chi connectivity index (χ2v) is 6.78. The number of amides is 3. The van der Waals surface area contributed by atoms with Crippen molar-refractivity contribution in [2.75, 3.05) is 13.2 Å². The highest BCUT2D eigenvalue weighted by atomic mass is 16.4. The molecule has 12 nitrogen and oxygen atoms in total. The van der Waals surface area contributed by atoms with Crippen LogP contribution < -0.4 is 21.7 Å². The van der Waals surface area contributed by atoms with Crippen LogP contribution in [0, 0.1) is 5.92 Å². The standard InChI is InChI=1S/C16H30N4O8/c1-7(2)4-9(16(27)28)18-13(24)10(5-21)19-14(25)11(6-22)20-15(26)12(17)8(3)23/h7-12,21-23H,4-6,17H2,1-3H3,(H,18,24)(H,19,25)(H,20,26)(H,27,28)/t8-,9+,10+,11+,12+/m1/s1. The Bertz CT molecular complexity index is 555. The molecule has 3 amide bonds. The van der Waals surface area contributed by atoms with Gasteiger partial charge in [-0.1, -0.05) is 13.8 Å². The molecular formula is C16H30N4O8. The van der Waals surface area contributed by atoms with Crippen LogP contribution in [-0.2, 0) is 19.2 Å². The molecule has 0 aromatic carbocycles. The summed E-state index contributed by atoms with van der Waals surface area (Å²) in [5, 5.41) is 43.5. The molecule has 9 N–H and O–H groups in total. The molecule has 0 aliphatic rings. The quantitative estimate of drug-likeness (QED) is 0.160. The van der Waals surface area contributed by atoms with Crippen LogP contribution in [0.25, 0.3) is 0 Å². The smallest absolute Gasteiger partial charge is 0.326 e. The Morgan fingerprint density at radius 3 is 1.54 bits per heavy atom. The highest BCUT2D eigenvalue weighted by Crippen LogP contribution is 2.05. The first-order valence-electron chi connectivity index (χ1n) is 8.73. The fourth-order valence-electron chi connectivity index (χ4n) is 2.11. The molecule has 0 aromatic rings. The Hall–Kier alpha value is -2.28. The zero-order chi connectivity index (χ0) is 22.0. The first-order chi connectivity index (χ1) is 12.9. The molecule has 0 saturated heterocycles. The SMILES string of the molecule is CC(C)C[C@H](NC(=O)[C@H](CO)NC(=O)[C@H](CO)NC(=O)[C@@H](N)[C@@H](C)O)C(=O)O. The van der Waals surface area contributed by atoms with E-state index in [1.54, 1.807) is 13.8 Å². The van der Waals surface area contributed by atoms with E-state index in [0.29, 0.717) is 0 Å². The maximum atomic E-state index is 12.2. The highest BCUT2D eigenvalue weighted by molar-refractivity contribution is 5.94. The minimum absolute atomic E-state index is 0.0318. The summed E-state index contributed by atoms with van der Waals surface area (Å²) in [5.41, 5.74) is 5.43. The van der Waals surface area contributed by atoms with Gasteiger partial charge in [0.1, 0.15) is 24.2 Å². The van der Waals surface area contributed by atoms with Crippen molar-refractivity contribution in [1.29, 1.82) is 0 Å². The van der Waals surface area contributed by atoms with E-state index in [2.05, 4.69) is 16.0 Å². The largest absolute Gasteiger partial charge is 0.480 e. The average molecular weight is 406 g/mol. The van der Waals surface area contributed by atoms with Crippen molar-refractivity contribution in [3.05, 3.63) is 0 Å². The third-order valence-corrected chi connectivity index (χ3v) is 3.78. The van der Waals surface area contributed by atoms with Gasteiger partial charge in [-0.3, -0.25) is 14.4 Å². The predicted molar refractivity (Wildman–Crippen MR) is 96.7 cm³/mol. The van der Waals surface area contributed by atoms with Crippen molar-refractivity contribution in [2.45, 2.75) is 57.5 Å². The summed E-state index contributed by atoms with van der Waals surface area (Å²) in [5.74, 6) is -4.14. The molecule has 0 fully saturated rings. The van der Waals surface area contributed by atoms with Gasteiger partial charge in [0.2, 0.25) is 17.7 Å². The lowest BCUT2D eigenvalue weighted by molar-refractivity contribution is -0.143. The molecule has 0 heterocycles. The van der Waals surface area contributed by atoms with Gasteiger partial charge >= 0.3 is 5.97 Å². The number of aliphatic carboxylic acids is 1. The third-order valence-electron chi connectivity index (χ3n) is 3.78. The molecule has 0 aliphatic carbocycles. The summed E-state index contributed by atoms with van der Waals surface area (Å²) < 4.78 is 0. The second-order valence-electron chi connectivity index (χ2n) is 6.78. The van der Waals surface area contributed by atoms with Crippen LogP contribution in [0.5, 0.6) is 0 Å². The maximum Gasteiger partial charge on any atom is 0.326 e. The van der Waals surface area contributed by atoms with Gasteiger partial charge in [-0.2, -0.15) is 0 Å². The number of hydrogen-bond acceptors (Lipinski definition) is 8. The molecule has 0 unspecified atom stereocenters. The van der Waals surface area contributed by atoms with Gasteiger partial charge in [0.25, 0.3) is 0 Å². The number of carbonyl (C=O) groups is 4. The van der Waals surface area contributed by atoms with Crippen molar-refractivity contribution in [2.24, 2.45) is 11.7 Å². The van der Waals surface area contributed by atoms with Crippen LogP contribution in [0.2, 0.25) is 0 Å². The van der Waals surface area contributed by atoms with Crippen LogP contribution >= 0.6 is 0 Å². The number of nitrogens with two attached hydrogens (primary N) is 1. The zero-order valence-electron chi connectivity index (χ0n) is 16.1. The second kappa shape index (κ2) is 12.2. The fraction of sp³-hybridized carbons (Fsp3) is 0.750. The number of carboxylic acids is 1. The van der Waals surface area contributed by atoms with E-state index in [4.69, 9.17) is 10.8 Å². The van der Waals surface area contributed by atoms with Gasteiger partial charge in [0.05, 0.1) is 19.3 Å². The number of rotatable bonds is 12. The first-order valence-corrected chi connectivity index (χ1v) is 8.73. The number of carbonyl (C=O) groups excluding carboxylic acids is 3. The molecule has 0 bridgehead atoms. The summed E-state index contributed by atoms with van der Waals surface area (Å²) in [6.45, 7) is 3.11. The molecule has 0 spiro atoms. The minimum Gasteiger partial charge on any atom is -0.480 e. The van der Waals surface area contributed by atoms with Crippen molar-refractivity contribution in [1.82, 2.24) is 16.0 Å². The molecule has 0 aromatic heterocycles. The van der Waals surface area contributed by atoms with Gasteiger partial charge in [-0.15, -0.1) is 0 Å². The normalized spacial score (nSPS) is 16.4. The number of aliphatic hydroxyl groups is 3. The van der Waals surface area contributed by atoms with Gasteiger partial charge in [0.15, 0.2) is 0 Å². The summed E-state index contributed by atoms with van der Waals surface area (Å²) in [6.07, 6.45) is -1.06. The summed E-state index contributed by atoms with van der Waals surface area (Å²) in [4.78, 5) is 47.4. The Morgan fingerprint density at radius 1 is 0.821 bits per heavy atom. The molecule has 5 atom stereocenters. The topological polar surface area (TPSA) is 211 Å². The third kappa shape index (κ3) is 8.61. The van der Waals surface area contributed by atoms with E-state index in [9.17, 15) is 34.5 Å². The fourth-order valence-corrected chi connectivity index (χ4v) is 2.11. The van der Waals surface area contributed by atoms with E-state index < -0.39 is 67.2 Å².